The topological polar surface area (TPSA) is 49.3 Å². The molecule has 0 unspecified atom stereocenters. The second kappa shape index (κ2) is 4.84. The van der Waals surface area contributed by atoms with Crippen LogP contribution in [0.5, 0.6) is 0 Å². The third-order valence-electron chi connectivity index (χ3n) is 2.33. The van der Waals surface area contributed by atoms with E-state index >= 15 is 0 Å². The minimum absolute atomic E-state index is 0.0779. The molecular formula is C10H9Cl2NO2S. The summed E-state index contributed by atoms with van der Waals surface area (Å²) in [6.45, 7) is 0. The number of carboxylic acids is 1. The van der Waals surface area contributed by atoms with E-state index in [0.717, 1.165) is 5.56 Å². The quantitative estimate of drug-likeness (QED) is 0.873. The lowest BCUT2D eigenvalue weighted by atomic mass is 10.2. The van der Waals surface area contributed by atoms with Crippen molar-refractivity contribution >= 4 is 40.9 Å². The van der Waals surface area contributed by atoms with E-state index in [1.807, 2.05) is 6.07 Å². The minimum Gasteiger partial charge on any atom is -0.480 e. The first-order valence-electron chi connectivity index (χ1n) is 4.63. The van der Waals surface area contributed by atoms with Gasteiger partial charge in [-0.3, -0.25) is 10.1 Å². The Labute approximate surface area is 107 Å². The zero-order chi connectivity index (χ0) is 11.7. The van der Waals surface area contributed by atoms with Crippen molar-refractivity contribution in [1.82, 2.24) is 5.32 Å². The van der Waals surface area contributed by atoms with E-state index in [1.165, 1.54) is 11.8 Å². The standard InChI is InChI=1S/C10H9Cl2NO2S/c11-5-1-2-6(7(12)3-5)9-13-8(4-16-9)10(14)15/h1-3,8-9,13H,4H2,(H,14,15)/t8-,9-/m0/s1. The van der Waals surface area contributed by atoms with Gasteiger partial charge in [0.25, 0.3) is 0 Å². The highest BCUT2D eigenvalue weighted by Crippen LogP contribution is 2.37. The Hall–Kier alpha value is -0.420. The Morgan fingerprint density at radius 1 is 1.50 bits per heavy atom. The molecular weight excluding hydrogens is 269 g/mol. The van der Waals surface area contributed by atoms with Crippen LogP contribution in [0.1, 0.15) is 10.9 Å². The highest BCUT2D eigenvalue weighted by Gasteiger charge is 2.31. The number of hydrogen-bond acceptors (Lipinski definition) is 3. The first-order valence-corrected chi connectivity index (χ1v) is 6.44. The van der Waals surface area contributed by atoms with Gasteiger partial charge in [0, 0.05) is 15.8 Å². The number of benzene rings is 1. The first kappa shape index (κ1) is 12.0. The van der Waals surface area contributed by atoms with E-state index in [-0.39, 0.29) is 5.37 Å². The number of hydrogen-bond donors (Lipinski definition) is 2. The molecule has 1 aliphatic heterocycles. The largest absolute Gasteiger partial charge is 0.480 e. The zero-order valence-corrected chi connectivity index (χ0v) is 10.4. The van der Waals surface area contributed by atoms with Gasteiger partial charge in [-0.15, -0.1) is 11.8 Å². The number of carboxylic acid groups (broad SMARTS) is 1. The number of nitrogens with one attached hydrogen (secondary N) is 1. The first-order chi connectivity index (χ1) is 7.58. The van der Waals surface area contributed by atoms with E-state index < -0.39 is 12.0 Å². The Kier molecular flexibility index (Phi) is 3.64. The van der Waals surface area contributed by atoms with Gasteiger partial charge in [-0.05, 0) is 17.7 Å². The molecule has 1 aromatic rings. The lowest BCUT2D eigenvalue weighted by Crippen LogP contribution is -2.33. The van der Waals surface area contributed by atoms with Crippen LogP contribution in [-0.2, 0) is 4.79 Å². The number of carbonyl (C=O) groups is 1. The van der Waals surface area contributed by atoms with Crippen molar-refractivity contribution in [3.8, 4) is 0 Å². The fraction of sp³-hybridized carbons (Fsp3) is 0.300. The van der Waals surface area contributed by atoms with E-state index in [9.17, 15) is 4.79 Å². The maximum absolute atomic E-state index is 10.8. The smallest absolute Gasteiger partial charge is 0.321 e. The molecule has 6 heteroatoms. The van der Waals surface area contributed by atoms with Crippen molar-refractivity contribution in [2.24, 2.45) is 0 Å². The van der Waals surface area contributed by atoms with E-state index in [0.29, 0.717) is 15.8 Å². The van der Waals surface area contributed by atoms with Gasteiger partial charge in [-0.2, -0.15) is 0 Å². The third kappa shape index (κ3) is 2.46. The molecule has 3 nitrogen and oxygen atoms in total. The molecule has 2 atom stereocenters. The van der Waals surface area contributed by atoms with Crippen LogP contribution in [0.3, 0.4) is 0 Å². The lowest BCUT2D eigenvalue weighted by Gasteiger charge is -2.13. The summed E-state index contributed by atoms with van der Waals surface area (Å²) in [7, 11) is 0. The van der Waals surface area contributed by atoms with E-state index in [4.69, 9.17) is 28.3 Å². The van der Waals surface area contributed by atoms with Gasteiger partial charge >= 0.3 is 5.97 Å². The summed E-state index contributed by atoms with van der Waals surface area (Å²) in [5.74, 6) is -0.293. The number of aliphatic carboxylic acids is 1. The van der Waals surface area contributed by atoms with Crippen LogP contribution >= 0.6 is 35.0 Å². The summed E-state index contributed by atoms with van der Waals surface area (Å²) in [6, 6.07) is 4.72. The van der Waals surface area contributed by atoms with Crippen molar-refractivity contribution < 1.29 is 9.90 Å². The summed E-state index contributed by atoms with van der Waals surface area (Å²) in [5.41, 5.74) is 0.875. The Morgan fingerprint density at radius 2 is 2.25 bits per heavy atom. The highest BCUT2D eigenvalue weighted by atomic mass is 35.5. The van der Waals surface area contributed by atoms with Gasteiger partial charge in [-0.1, -0.05) is 29.3 Å². The van der Waals surface area contributed by atoms with Crippen molar-refractivity contribution in [1.29, 1.82) is 0 Å². The summed E-state index contributed by atoms with van der Waals surface area (Å²) in [4.78, 5) is 10.8. The molecule has 0 aliphatic carbocycles. The van der Waals surface area contributed by atoms with Crippen LogP contribution in [0.2, 0.25) is 10.0 Å². The maximum atomic E-state index is 10.8. The average molecular weight is 278 g/mol. The summed E-state index contributed by atoms with van der Waals surface area (Å²) in [6.07, 6.45) is 0. The summed E-state index contributed by atoms with van der Waals surface area (Å²) >= 11 is 13.4. The highest BCUT2D eigenvalue weighted by molar-refractivity contribution is 7.99. The van der Waals surface area contributed by atoms with Crippen LogP contribution in [0.25, 0.3) is 0 Å². The molecule has 0 saturated carbocycles. The van der Waals surface area contributed by atoms with Crippen LogP contribution in [0.15, 0.2) is 18.2 Å². The molecule has 1 heterocycles. The predicted molar refractivity (Wildman–Crippen MR) is 66.2 cm³/mol. The van der Waals surface area contributed by atoms with Crippen molar-refractivity contribution in [2.75, 3.05) is 5.75 Å². The summed E-state index contributed by atoms with van der Waals surface area (Å²) < 4.78 is 0. The molecule has 0 bridgehead atoms. The van der Waals surface area contributed by atoms with Gasteiger partial charge in [0.1, 0.15) is 6.04 Å². The number of thioether (sulfide) groups is 1. The lowest BCUT2D eigenvalue weighted by molar-refractivity contribution is -0.138. The van der Waals surface area contributed by atoms with Crippen LogP contribution in [0, 0.1) is 0 Å². The Balaban J connectivity index is 2.17. The van der Waals surface area contributed by atoms with E-state index in [2.05, 4.69) is 5.32 Å². The van der Waals surface area contributed by atoms with Gasteiger partial charge in [0.2, 0.25) is 0 Å². The molecule has 0 spiro atoms. The average Bonchev–Trinajstić information content (AvgIpc) is 2.66. The third-order valence-corrected chi connectivity index (χ3v) is 4.14. The molecule has 1 aliphatic rings. The second-order valence-corrected chi connectivity index (χ2v) is 5.42. The van der Waals surface area contributed by atoms with Crippen molar-refractivity contribution in [2.45, 2.75) is 11.4 Å². The fourth-order valence-corrected chi connectivity index (χ4v) is 3.36. The molecule has 0 amide bonds. The van der Waals surface area contributed by atoms with Gasteiger partial charge < -0.3 is 5.11 Å². The monoisotopic (exact) mass is 277 g/mol. The van der Waals surface area contributed by atoms with Crippen molar-refractivity contribution in [3.63, 3.8) is 0 Å². The fourth-order valence-electron chi connectivity index (χ4n) is 1.51. The molecule has 16 heavy (non-hydrogen) atoms. The Morgan fingerprint density at radius 3 is 2.81 bits per heavy atom. The van der Waals surface area contributed by atoms with Gasteiger partial charge in [0.05, 0.1) is 5.37 Å². The SMILES string of the molecule is O=C(O)[C@@H]1CS[C@@H](c2ccc(Cl)cc2Cl)N1. The maximum Gasteiger partial charge on any atom is 0.321 e. The molecule has 1 saturated heterocycles. The number of rotatable bonds is 2. The number of halogens is 2. The zero-order valence-electron chi connectivity index (χ0n) is 8.11. The van der Waals surface area contributed by atoms with E-state index in [1.54, 1.807) is 12.1 Å². The van der Waals surface area contributed by atoms with Gasteiger partial charge in [-0.25, -0.2) is 0 Å². The predicted octanol–water partition coefficient (Wildman–Crippen LogP) is 2.78. The minimum atomic E-state index is -0.833. The van der Waals surface area contributed by atoms with Gasteiger partial charge in [0.15, 0.2) is 0 Å². The molecule has 2 rings (SSSR count). The second-order valence-electron chi connectivity index (χ2n) is 3.44. The molecule has 0 aromatic heterocycles. The van der Waals surface area contributed by atoms with Crippen LogP contribution in [0.4, 0.5) is 0 Å². The van der Waals surface area contributed by atoms with Crippen molar-refractivity contribution in [3.05, 3.63) is 33.8 Å². The van der Waals surface area contributed by atoms with Crippen LogP contribution in [-0.4, -0.2) is 22.9 Å². The molecule has 0 radical (unpaired) electrons. The summed E-state index contributed by atoms with van der Waals surface area (Å²) in [5, 5.41) is 12.9. The molecule has 2 N–H and O–H groups in total. The normalized spacial score (nSPS) is 24.6. The molecule has 1 fully saturated rings. The Bertz CT molecular complexity index is 427. The van der Waals surface area contributed by atoms with Crippen LogP contribution < -0.4 is 5.32 Å². The molecule has 86 valence electrons. The molecule has 1 aromatic carbocycles.